The van der Waals surface area contributed by atoms with E-state index in [2.05, 4.69) is 0 Å². The highest BCUT2D eigenvalue weighted by molar-refractivity contribution is 4.78. The predicted octanol–water partition coefficient (Wildman–Crippen LogP) is -0.750. The predicted molar refractivity (Wildman–Crippen MR) is 44.6 cm³/mol. The van der Waals surface area contributed by atoms with E-state index in [4.69, 9.17) is 10.2 Å². The molecule has 0 radical (unpaired) electrons. The van der Waals surface area contributed by atoms with Crippen LogP contribution in [0.15, 0.2) is 0 Å². The molecule has 0 heterocycles. The summed E-state index contributed by atoms with van der Waals surface area (Å²) in [6.45, 7) is 3.23. The van der Waals surface area contributed by atoms with E-state index in [1.807, 2.05) is 6.92 Å². The summed E-state index contributed by atoms with van der Waals surface area (Å²) in [6.07, 6.45) is -3.36. The van der Waals surface area contributed by atoms with Crippen LogP contribution in [0, 0.1) is 0 Å². The van der Waals surface area contributed by atoms with E-state index < -0.39 is 24.4 Å². The van der Waals surface area contributed by atoms with Gasteiger partial charge in [-0.2, -0.15) is 0 Å². The first kappa shape index (κ1) is 11.8. The van der Waals surface area contributed by atoms with Gasteiger partial charge >= 0.3 is 0 Å². The largest absolute Gasteiger partial charge is 0.391 e. The Hall–Kier alpha value is -0.160. The molecule has 12 heavy (non-hydrogen) atoms. The minimum atomic E-state index is -1.27. The Morgan fingerprint density at radius 2 is 1.50 bits per heavy atom. The lowest BCUT2D eigenvalue weighted by Crippen LogP contribution is -2.43. The van der Waals surface area contributed by atoms with E-state index in [-0.39, 0.29) is 0 Å². The first-order chi connectivity index (χ1) is 5.50. The van der Waals surface area contributed by atoms with Gasteiger partial charge in [0.2, 0.25) is 0 Å². The van der Waals surface area contributed by atoms with Crippen molar-refractivity contribution in [3.8, 4) is 0 Å². The summed E-state index contributed by atoms with van der Waals surface area (Å²) in [5, 5.41) is 36.5. The highest BCUT2D eigenvalue weighted by Crippen LogP contribution is 2.08. The van der Waals surface area contributed by atoms with Gasteiger partial charge in [-0.15, -0.1) is 0 Å². The van der Waals surface area contributed by atoms with Crippen molar-refractivity contribution < 1.29 is 20.4 Å². The zero-order valence-corrected chi connectivity index (χ0v) is 7.51. The third-order valence-corrected chi connectivity index (χ3v) is 1.82. The maximum Gasteiger partial charge on any atom is 0.108 e. The van der Waals surface area contributed by atoms with Crippen molar-refractivity contribution in [3.63, 3.8) is 0 Å². The fourth-order valence-electron chi connectivity index (χ4n) is 0.979. The van der Waals surface area contributed by atoms with Crippen LogP contribution in [-0.4, -0.2) is 44.8 Å². The maximum absolute atomic E-state index is 9.23. The second-order valence-electron chi connectivity index (χ2n) is 3.08. The number of hydrogen-bond donors (Lipinski definition) is 4. The maximum atomic E-state index is 9.23. The van der Waals surface area contributed by atoms with Gasteiger partial charge < -0.3 is 20.4 Å². The molecule has 4 N–H and O–H groups in total. The SMILES string of the molecule is CCCC(O)C(O)C(O)C(C)O. The lowest BCUT2D eigenvalue weighted by Gasteiger charge is -2.24. The Balaban J connectivity index is 3.90. The molecule has 0 aliphatic heterocycles. The molecule has 4 unspecified atom stereocenters. The van der Waals surface area contributed by atoms with Gasteiger partial charge in [0.25, 0.3) is 0 Å². The molecule has 0 saturated carbocycles. The van der Waals surface area contributed by atoms with E-state index in [0.717, 1.165) is 6.42 Å². The third-order valence-electron chi connectivity index (χ3n) is 1.82. The van der Waals surface area contributed by atoms with E-state index in [0.29, 0.717) is 6.42 Å². The topological polar surface area (TPSA) is 80.9 Å². The summed E-state index contributed by atoms with van der Waals surface area (Å²) in [5.41, 5.74) is 0. The average molecular weight is 178 g/mol. The van der Waals surface area contributed by atoms with Gasteiger partial charge in [0.15, 0.2) is 0 Å². The minimum absolute atomic E-state index is 0.422. The molecule has 0 aliphatic carbocycles. The van der Waals surface area contributed by atoms with E-state index in [1.165, 1.54) is 6.92 Å². The van der Waals surface area contributed by atoms with E-state index >= 15 is 0 Å². The van der Waals surface area contributed by atoms with Crippen molar-refractivity contribution in [2.75, 3.05) is 0 Å². The van der Waals surface area contributed by atoms with Crippen molar-refractivity contribution >= 4 is 0 Å². The van der Waals surface area contributed by atoms with Crippen LogP contribution in [0.2, 0.25) is 0 Å². The second kappa shape index (κ2) is 5.48. The van der Waals surface area contributed by atoms with Crippen LogP contribution in [0.1, 0.15) is 26.7 Å². The standard InChI is InChI=1S/C8H18O4/c1-3-4-6(10)8(12)7(11)5(2)9/h5-12H,3-4H2,1-2H3. The average Bonchev–Trinajstić information content (AvgIpc) is 2.02. The van der Waals surface area contributed by atoms with Crippen LogP contribution in [-0.2, 0) is 0 Å². The molecule has 4 atom stereocenters. The van der Waals surface area contributed by atoms with Gasteiger partial charge in [0, 0.05) is 0 Å². The zero-order chi connectivity index (χ0) is 9.72. The highest BCUT2D eigenvalue weighted by Gasteiger charge is 2.27. The first-order valence-electron chi connectivity index (χ1n) is 4.23. The smallest absolute Gasteiger partial charge is 0.108 e. The summed E-state index contributed by atoms with van der Waals surface area (Å²) in [5.74, 6) is 0. The van der Waals surface area contributed by atoms with Crippen LogP contribution in [0.4, 0.5) is 0 Å². The lowest BCUT2D eigenvalue weighted by atomic mass is 10.0. The van der Waals surface area contributed by atoms with Crippen molar-refractivity contribution in [3.05, 3.63) is 0 Å². The molecule has 4 nitrogen and oxygen atoms in total. The number of rotatable bonds is 5. The molecule has 0 aliphatic rings. The number of hydrogen-bond acceptors (Lipinski definition) is 4. The first-order valence-corrected chi connectivity index (χ1v) is 4.23. The Kier molecular flexibility index (Phi) is 5.41. The summed E-state index contributed by atoms with van der Waals surface area (Å²) in [6, 6.07) is 0. The number of aliphatic hydroxyl groups is 4. The Labute approximate surface area is 72.5 Å². The third kappa shape index (κ3) is 3.49. The molecule has 74 valence electrons. The molecule has 0 aromatic heterocycles. The summed E-state index contributed by atoms with van der Waals surface area (Å²) >= 11 is 0. The van der Waals surface area contributed by atoms with Crippen LogP contribution in [0.25, 0.3) is 0 Å². The van der Waals surface area contributed by atoms with Crippen LogP contribution < -0.4 is 0 Å². The van der Waals surface area contributed by atoms with E-state index in [1.54, 1.807) is 0 Å². The van der Waals surface area contributed by atoms with Crippen LogP contribution >= 0.6 is 0 Å². The van der Waals surface area contributed by atoms with Gasteiger partial charge in [-0.05, 0) is 13.3 Å². The van der Waals surface area contributed by atoms with Crippen molar-refractivity contribution in [1.82, 2.24) is 0 Å². The Morgan fingerprint density at radius 3 is 1.83 bits per heavy atom. The molecular formula is C8H18O4. The summed E-state index contributed by atoms with van der Waals surface area (Å²) in [4.78, 5) is 0. The van der Waals surface area contributed by atoms with Gasteiger partial charge in [-0.3, -0.25) is 0 Å². The molecule has 0 aromatic carbocycles. The van der Waals surface area contributed by atoms with Gasteiger partial charge in [0.1, 0.15) is 12.2 Å². The van der Waals surface area contributed by atoms with E-state index in [9.17, 15) is 10.2 Å². The molecule has 0 fully saturated rings. The molecule has 0 saturated heterocycles. The Bertz CT molecular complexity index is 116. The second-order valence-corrected chi connectivity index (χ2v) is 3.08. The zero-order valence-electron chi connectivity index (χ0n) is 7.51. The van der Waals surface area contributed by atoms with Gasteiger partial charge in [-0.25, -0.2) is 0 Å². The molecule has 0 aromatic rings. The van der Waals surface area contributed by atoms with Crippen molar-refractivity contribution in [2.24, 2.45) is 0 Å². The lowest BCUT2D eigenvalue weighted by molar-refractivity contribution is -0.101. The molecular weight excluding hydrogens is 160 g/mol. The number of aliphatic hydroxyl groups excluding tert-OH is 4. The summed E-state index contributed by atoms with van der Waals surface area (Å²) < 4.78 is 0. The fourth-order valence-corrected chi connectivity index (χ4v) is 0.979. The molecule has 0 amide bonds. The van der Waals surface area contributed by atoms with Gasteiger partial charge in [-0.1, -0.05) is 13.3 Å². The molecule has 4 heteroatoms. The minimum Gasteiger partial charge on any atom is -0.391 e. The van der Waals surface area contributed by atoms with Crippen LogP contribution in [0.3, 0.4) is 0 Å². The highest BCUT2D eigenvalue weighted by atomic mass is 16.4. The van der Waals surface area contributed by atoms with Crippen LogP contribution in [0.5, 0.6) is 0 Å². The van der Waals surface area contributed by atoms with Gasteiger partial charge in [0.05, 0.1) is 12.2 Å². The molecule has 0 bridgehead atoms. The summed E-state index contributed by atoms with van der Waals surface area (Å²) in [7, 11) is 0. The monoisotopic (exact) mass is 178 g/mol. The van der Waals surface area contributed by atoms with Crippen molar-refractivity contribution in [1.29, 1.82) is 0 Å². The Morgan fingerprint density at radius 1 is 1.00 bits per heavy atom. The fraction of sp³-hybridized carbons (Fsp3) is 1.00. The normalized spacial score (nSPS) is 21.5. The molecule has 0 rings (SSSR count). The molecule has 0 spiro atoms. The van der Waals surface area contributed by atoms with Crippen molar-refractivity contribution in [2.45, 2.75) is 51.1 Å². The quantitative estimate of drug-likeness (QED) is 0.446.